The Kier molecular flexibility index (Phi) is 4.14. The van der Waals surface area contributed by atoms with Crippen molar-refractivity contribution in [1.82, 2.24) is 10.3 Å². The van der Waals surface area contributed by atoms with Gasteiger partial charge in [0, 0.05) is 19.0 Å². The highest BCUT2D eigenvalue weighted by Gasteiger charge is 2.16. The molecule has 1 rings (SSSR count). The molecule has 1 amide bonds. The number of rotatable bonds is 4. The van der Waals surface area contributed by atoms with Gasteiger partial charge in [0.15, 0.2) is 5.69 Å². The van der Waals surface area contributed by atoms with E-state index in [0.29, 0.717) is 5.69 Å². The fourth-order valence-corrected chi connectivity index (χ4v) is 1.28. The second-order valence-electron chi connectivity index (χ2n) is 3.90. The molecule has 92 valence electrons. The summed E-state index contributed by atoms with van der Waals surface area (Å²) >= 11 is 0. The summed E-state index contributed by atoms with van der Waals surface area (Å²) in [5, 5.41) is 13.4. The van der Waals surface area contributed by atoms with E-state index in [1.807, 2.05) is 13.8 Å². The molecule has 1 heterocycles. The maximum Gasteiger partial charge on any atom is 0.364 e. The van der Waals surface area contributed by atoms with Crippen molar-refractivity contribution in [3.63, 3.8) is 0 Å². The van der Waals surface area contributed by atoms with E-state index in [4.69, 9.17) is 0 Å². The predicted molar refractivity (Wildman–Crippen MR) is 62.8 cm³/mol. The minimum atomic E-state index is -0.604. The maximum atomic E-state index is 11.8. The van der Waals surface area contributed by atoms with Crippen LogP contribution in [0.4, 0.5) is 5.82 Å². The van der Waals surface area contributed by atoms with Gasteiger partial charge >= 0.3 is 5.82 Å². The summed E-state index contributed by atoms with van der Waals surface area (Å²) in [4.78, 5) is 25.5. The van der Waals surface area contributed by atoms with Crippen LogP contribution in [0, 0.1) is 17.0 Å². The molecule has 1 atom stereocenters. The average molecular weight is 237 g/mol. The van der Waals surface area contributed by atoms with Gasteiger partial charge in [0.25, 0.3) is 5.91 Å². The Labute approximate surface area is 99.2 Å². The molecule has 0 aliphatic carbocycles. The molecule has 1 unspecified atom stereocenters. The van der Waals surface area contributed by atoms with E-state index in [9.17, 15) is 14.9 Å². The van der Waals surface area contributed by atoms with E-state index in [2.05, 4.69) is 10.3 Å². The number of nitro groups is 1. The molecule has 6 heteroatoms. The number of carbonyl (C=O) groups is 1. The van der Waals surface area contributed by atoms with Crippen LogP contribution >= 0.6 is 0 Å². The highest BCUT2D eigenvalue weighted by atomic mass is 16.6. The molecule has 1 aromatic heterocycles. The monoisotopic (exact) mass is 237 g/mol. The van der Waals surface area contributed by atoms with Crippen LogP contribution in [0.2, 0.25) is 0 Å². The molecule has 0 aliphatic rings. The second-order valence-corrected chi connectivity index (χ2v) is 3.90. The Morgan fingerprint density at radius 2 is 2.24 bits per heavy atom. The molecule has 6 nitrogen and oxygen atoms in total. The smallest absolute Gasteiger partial charge is 0.358 e. The predicted octanol–water partition coefficient (Wildman–Crippen LogP) is 1.83. The Balaban J connectivity index is 2.97. The van der Waals surface area contributed by atoms with Gasteiger partial charge in [-0.3, -0.25) is 4.79 Å². The van der Waals surface area contributed by atoms with Crippen molar-refractivity contribution in [2.75, 3.05) is 0 Å². The first-order chi connectivity index (χ1) is 7.93. The summed E-state index contributed by atoms with van der Waals surface area (Å²) in [5.41, 5.74) is 0.720. The van der Waals surface area contributed by atoms with E-state index in [1.54, 1.807) is 6.92 Å². The van der Waals surface area contributed by atoms with Gasteiger partial charge in [-0.15, -0.1) is 0 Å². The molecule has 1 N–H and O–H groups in total. The van der Waals surface area contributed by atoms with Crippen molar-refractivity contribution in [3.8, 4) is 0 Å². The lowest BCUT2D eigenvalue weighted by Gasteiger charge is -2.10. The molecular formula is C11H15N3O3. The standard InChI is InChI=1S/C11H15N3O3/c1-4-7(2)13-11(15)9-5-8(3)12-10(6-9)14(16)17/h5-7H,4H2,1-3H3,(H,13,15). The summed E-state index contributed by atoms with van der Waals surface area (Å²) < 4.78 is 0. The lowest BCUT2D eigenvalue weighted by atomic mass is 10.2. The van der Waals surface area contributed by atoms with Crippen LogP contribution in [0.3, 0.4) is 0 Å². The van der Waals surface area contributed by atoms with Crippen molar-refractivity contribution < 1.29 is 9.72 Å². The number of aromatic nitrogens is 1. The molecule has 0 saturated carbocycles. The maximum absolute atomic E-state index is 11.8. The number of nitrogens with one attached hydrogen (secondary N) is 1. The highest BCUT2D eigenvalue weighted by Crippen LogP contribution is 2.12. The largest absolute Gasteiger partial charge is 0.364 e. The molecular weight excluding hydrogens is 222 g/mol. The quantitative estimate of drug-likeness (QED) is 0.639. The van der Waals surface area contributed by atoms with Crippen LogP contribution in [0.1, 0.15) is 36.3 Å². The number of amides is 1. The van der Waals surface area contributed by atoms with Crippen LogP contribution < -0.4 is 5.32 Å². The normalized spacial score (nSPS) is 11.9. The average Bonchev–Trinajstić information content (AvgIpc) is 2.27. The van der Waals surface area contributed by atoms with Gasteiger partial charge < -0.3 is 15.4 Å². The first-order valence-corrected chi connectivity index (χ1v) is 5.38. The Morgan fingerprint density at radius 3 is 2.76 bits per heavy atom. The fraction of sp³-hybridized carbons (Fsp3) is 0.455. The molecule has 0 fully saturated rings. The van der Waals surface area contributed by atoms with Gasteiger partial charge in [-0.2, -0.15) is 0 Å². The van der Waals surface area contributed by atoms with Crippen LogP contribution in [0.5, 0.6) is 0 Å². The van der Waals surface area contributed by atoms with Crippen molar-refractivity contribution in [2.24, 2.45) is 0 Å². The molecule has 1 aromatic rings. The third-order valence-corrected chi connectivity index (χ3v) is 2.38. The third kappa shape index (κ3) is 3.51. The number of pyridine rings is 1. The molecule has 0 aromatic carbocycles. The van der Waals surface area contributed by atoms with Crippen molar-refractivity contribution >= 4 is 11.7 Å². The molecule has 0 saturated heterocycles. The highest BCUT2D eigenvalue weighted by molar-refractivity contribution is 5.94. The Morgan fingerprint density at radius 1 is 1.59 bits per heavy atom. The lowest BCUT2D eigenvalue weighted by molar-refractivity contribution is -0.389. The zero-order valence-electron chi connectivity index (χ0n) is 10.1. The van der Waals surface area contributed by atoms with Crippen LogP contribution in [0.25, 0.3) is 0 Å². The summed E-state index contributed by atoms with van der Waals surface area (Å²) in [7, 11) is 0. The van der Waals surface area contributed by atoms with Crippen molar-refractivity contribution in [3.05, 3.63) is 33.5 Å². The van der Waals surface area contributed by atoms with Crippen LogP contribution in [0.15, 0.2) is 12.1 Å². The minimum absolute atomic E-state index is 0.0371. The van der Waals surface area contributed by atoms with Crippen LogP contribution in [-0.4, -0.2) is 21.9 Å². The van der Waals surface area contributed by atoms with E-state index >= 15 is 0 Å². The second kappa shape index (κ2) is 5.38. The Bertz CT molecular complexity index is 446. The third-order valence-electron chi connectivity index (χ3n) is 2.38. The molecule has 0 radical (unpaired) electrons. The van der Waals surface area contributed by atoms with E-state index in [1.165, 1.54) is 12.1 Å². The summed E-state index contributed by atoms with van der Waals surface area (Å²) in [6.45, 7) is 5.44. The number of hydrogen-bond acceptors (Lipinski definition) is 4. The Hall–Kier alpha value is -1.98. The van der Waals surface area contributed by atoms with Gasteiger partial charge in [0.1, 0.15) is 0 Å². The van der Waals surface area contributed by atoms with Crippen LogP contribution in [-0.2, 0) is 0 Å². The summed E-state index contributed by atoms with van der Waals surface area (Å²) in [6, 6.07) is 2.75. The number of nitrogens with zero attached hydrogens (tertiary/aromatic N) is 2. The number of hydrogen-bond donors (Lipinski definition) is 1. The van der Waals surface area contributed by atoms with Gasteiger partial charge in [-0.05, 0) is 29.3 Å². The van der Waals surface area contributed by atoms with Gasteiger partial charge in [0.05, 0.1) is 5.56 Å². The zero-order chi connectivity index (χ0) is 13.0. The minimum Gasteiger partial charge on any atom is -0.358 e. The summed E-state index contributed by atoms with van der Waals surface area (Å²) in [6.07, 6.45) is 0.803. The molecule has 17 heavy (non-hydrogen) atoms. The van der Waals surface area contributed by atoms with Crippen molar-refractivity contribution in [1.29, 1.82) is 0 Å². The first kappa shape index (κ1) is 13.1. The van der Waals surface area contributed by atoms with E-state index < -0.39 is 4.92 Å². The molecule has 0 spiro atoms. The van der Waals surface area contributed by atoms with E-state index in [-0.39, 0.29) is 23.3 Å². The lowest BCUT2D eigenvalue weighted by Crippen LogP contribution is -2.32. The molecule has 0 aliphatic heterocycles. The van der Waals surface area contributed by atoms with E-state index in [0.717, 1.165) is 6.42 Å². The van der Waals surface area contributed by atoms with Crippen molar-refractivity contribution in [2.45, 2.75) is 33.2 Å². The molecule has 0 bridgehead atoms. The van der Waals surface area contributed by atoms with Gasteiger partial charge in [-0.1, -0.05) is 6.92 Å². The zero-order valence-corrected chi connectivity index (χ0v) is 10.1. The summed E-state index contributed by atoms with van der Waals surface area (Å²) in [5.74, 6) is -0.618. The van der Waals surface area contributed by atoms with Gasteiger partial charge in [-0.25, -0.2) is 0 Å². The SMILES string of the molecule is CCC(C)NC(=O)c1cc(C)nc([N+](=O)[O-])c1. The number of aryl methyl sites for hydroxylation is 1. The number of carbonyl (C=O) groups excluding carboxylic acids is 1. The first-order valence-electron chi connectivity index (χ1n) is 5.38. The van der Waals surface area contributed by atoms with Gasteiger partial charge in [0.2, 0.25) is 0 Å². The topological polar surface area (TPSA) is 85.1 Å². The fourth-order valence-electron chi connectivity index (χ4n) is 1.28.